The molecule has 1 nitrogen and oxygen atoms in total. The van der Waals surface area contributed by atoms with Crippen LogP contribution < -0.4 is 0 Å². The Bertz CT molecular complexity index is 345. The molecule has 0 aliphatic carbocycles. The third kappa shape index (κ3) is 3.07. The minimum Gasteiger partial charge on any atom is -0.257 e. The van der Waals surface area contributed by atoms with Crippen LogP contribution in [0.3, 0.4) is 0 Å². The highest BCUT2D eigenvalue weighted by Crippen LogP contribution is 2.29. The third-order valence-corrected chi connectivity index (χ3v) is 3.09. The fourth-order valence-corrected chi connectivity index (χ4v) is 1.98. The second-order valence-corrected chi connectivity index (χ2v) is 6.29. The summed E-state index contributed by atoms with van der Waals surface area (Å²) in [6.45, 7) is 13.4. The summed E-state index contributed by atoms with van der Waals surface area (Å²) in [5.74, 6) is 0. The van der Waals surface area contributed by atoms with Gasteiger partial charge in [-0.1, -0.05) is 54.0 Å². The first-order valence-corrected chi connectivity index (χ1v) is 6.25. The number of pyridine rings is 1. The molecule has 0 N–H and O–H groups in total. The van der Waals surface area contributed by atoms with Crippen molar-refractivity contribution in [1.29, 1.82) is 0 Å². The summed E-state index contributed by atoms with van der Waals surface area (Å²) in [5, 5.41) is 0. The molecule has 0 fully saturated rings. The van der Waals surface area contributed by atoms with Crippen LogP contribution in [0.2, 0.25) is 0 Å². The first kappa shape index (κ1) is 13.2. The highest BCUT2D eigenvalue weighted by molar-refractivity contribution is 5.22. The maximum atomic E-state index is 4.83. The molecule has 0 saturated carbocycles. The topological polar surface area (TPSA) is 12.9 Å². The van der Waals surface area contributed by atoms with E-state index in [0.29, 0.717) is 0 Å². The second kappa shape index (κ2) is 4.57. The van der Waals surface area contributed by atoms with Gasteiger partial charge in [0.1, 0.15) is 0 Å². The van der Waals surface area contributed by atoms with Crippen molar-refractivity contribution in [3.8, 4) is 0 Å². The van der Waals surface area contributed by atoms with E-state index >= 15 is 0 Å². The van der Waals surface area contributed by atoms with Gasteiger partial charge in [0, 0.05) is 22.2 Å². The first-order valence-electron chi connectivity index (χ1n) is 6.25. The van der Waals surface area contributed by atoms with Crippen molar-refractivity contribution in [1.82, 2.24) is 4.98 Å². The molecule has 0 amide bonds. The summed E-state index contributed by atoms with van der Waals surface area (Å²) in [4.78, 5) is 4.83. The van der Waals surface area contributed by atoms with Gasteiger partial charge in [-0.15, -0.1) is 0 Å². The summed E-state index contributed by atoms with van der Waals surface area (Å²) in [6.07, 6.45) is 2.39. The summed E-state index contributed by atoms with van der Waals surface area (Å²) in [7, 11) is 0. The zero-order valence-corrected chi connectivity index (χ0v) is 11.6. The highest BCUT2D eigenvalue weighted by atomic mass is 14.7. The minimum absolute atomic E-state index is 0.137. The maximum Gasteiger partial charge on any atom is 0.0463 e. The van der Waals surface area contributed by atoms with Gasteiger partial charge in [-0.2, -0.15) is 0 Å². The van der Waals surface area contributed by atoms with Gasteiger partial charge in [-0.05, 0) is 18.6 Å². The number of hydrogen-bond donors (Lipinski definition) is 0. The van der Waals surface area contributed by atoms with Gasteiger partial charge >= 0.3 is 0 Å². The Kier molecular flexibility index (Phi) is 3.77. The zero-order chi connectivity index (χ0) is 12.4. The maximum absolute atomic E-state index is 4.83. The molecule has 0 saturated heterocycles. The van der Waals surface area contributed by atoms with Gasteiger partial charge in [0.15, 0.2) is 0 Å². The van der Waals surface area contributed by atoms with E-state index in [2.05, 4.69) is 59.7 Å². The van der Waals surface area contributed by atoms with Gasteiger partial charge in [-0.25, -0.2) is 0 Å². The van der Waals surface area contributed by atoms with Crippen molar-refractivity contribution in [2.24, 2.45) is 0 Å². The molecule has 0 unspecified atom stereocenters. The molecule has 1 aromatic rings. The van der Waals surface area contributed by atoms with E-state index in [4.69, 9.17) is 4.98 Å². The summed E-state index contributed by atoms with van der Waals surface area (Å²) in [6, 6.07) is 6.43. The van der Waals surface area contributed by atoms with Crippen molar-refractivity contribution in [2.75, 3.05) is 0 Å². The molecule has 1 heterocycles. The lowest BCUT2D eigenvalue weighted by Gasteiger charge is -2.26. The Balaban J connectivity index is 3.08. The van der Waals surface area contributed by atoms with Crippen molar-refractivity contribution >= 4 is 0 Å². The second-order valence-electron chi connectivity index (χ2n) is 6.29. The lowest BCUT2D eigenvalue weighted by atomic mass is 9.83. The molecular weight excluding hydrogens is 194 g/mol. The van der Waals surface area contributed by atoms with Crippen LogP contribution >= 0.6 is 0 Å². The lowest BCUT2D eigenvalue weighted by Crippen LogP contribution is -2.22. The summed E-state index contributed by atoms with van der Waals surface area (Å²) in [5.41, 5.74) is 2.74. The molecule has 0 bridgehead atoms. The van der Waals surface area contributed by atoms with Crippen LogP contribution in [0.25, 0.3) is 0 Å². The molecule has 90 valence electrons. The first-order chi connectivity index (χ1) is 7.27. The molecule has 0 aliphatic heterocycles. The lowest BCUT2D eigenvalue weighted by molar-refractivity contribution is 0.452. The molecule has 1 aromatic heterocycles. The molecular formula is C15H25N. The van der Waals surface area contributed by atoms with E-state index in [9.17, 15) is 0 Å². The quantitative estimate of drug-likeness (QED) is 0.731. The number of hydrogen-bond acceptors (Lipinski definition) is 1. The molecule has 0 spiro atoms. The van der Waals surface area contributed by atoms with E-state index in [1.54, 1.807) is 0 Å². The summed E-state index contributed by atoms with van der Waals surface area (Å²) >= 11 is 0. The van der Waals surface area contributed by atoms with E-state index in [1.165, 1.54) is 24.2 Å². The van der Waals surface area contributed by atoms with E-state index in [0.717, 1.165) is 0 Å². The normalized spacial score (nSPS) is 12.9. The molecule has 0 aliphatic rings. The van der Waals surface area contributed by atoms with Crippen LogP contribution in [0.15, 0.2) is 18.2 Å². The number of aromatic nitrogens is 1. The Labute approximate surface area is 100 Å². The molecule has 1 rings (SSSR count). The highest BCUT2D eigenvalue weighted by Gasteiger charge is 2.23. The van der Waals surface area contributed by atoms with Gasteiger partial charge in [-0.3, -0.25) is 4.98 Å². The van der Waals surface area contributed by atoms with Crippen LogP contribution in [-0.4, -0.2) is 4.98 Å². The number of nitrogens with zero attached hydrogens (tertiary/aromatic N) is 1. The number of rotatable bonds is 3. The summed E-state index contributed by atoms with van der Waals surface area (Å²) < 4.78 is 0. The molecule has 0 radical (unpaired) electrons. The van der Waals surface area contributed by atoms with E-state index < -0.39 is 0 Å². The van der Waals surface area contributed by atoms with E-state index in [1.807, 2.05) is 0 Å². The van der Waals surface area contributed by atoms with Crippen LogP contribution in [0.5, 0.6) is 0 Å². The zero-order valence-electron chi connectivity index (χ0n) is 11.6. The average molecular weight is 219 g/mol. The predicted molar refractivity (Wildman–Crippen MR) is 70.9 cm³/mol. The molecule has 0 atom stereocenters. The monoisotopic (exact) mass is 219 g/mol. The van der Waals surface area contributed by atoms with Crippen molar-refractivity contribution < 1.29 is 0 Å². The average Bonchev–Trinajstić information content (AvgIpc) is 2.16. The minimum atomic E-state index is 0.137. The SMILES string of the molecule is CCCC(C)(C)c1cccc(C(C)(C)C)n1. The molecule has 0 aromatic carbocycles. The Morgan fingerprint density at radius 2 is 1.56 bits per heavy atom. The Morgan fingerprint density at radius 3 is 2.06 bits per heavy atom. The molecule has 16 heavy (non-hydrogen) atoms. The largest absolute Gasteiger partial charge is 0.257 e. The Hall–Kier alpha value is -0.850. The fraction of sp³-hybridized carbons (Fsp3) is 0.667. The molecule has 1 heteroatoms. The Morgan fingerprint density at radius 1 is 1.00 bits per heavy atom. The van der Waals surface area contributed by atoms with Crippen LogP contribution in [0.1, 0.15) is 65.8 Å². The van der Waals surface area contributed by atoms with Crippen molar-refractivity contribution in [2.45, 2.75) is 65.2 Å². The van der Waals surface area contributed by atoms with Gasteiger partial charge < -0.3 is 0 Å². The van der Waals surface area contributed by atoms with Crippen molar-refractivity contribution in [3.05, 3.63) is 29.6 Å². The van der Waals surface area contributed by atoms with Gasteiger partial charge in [0.05, 0.1) is 0 Å². The van der Waals surface area contributed by atoms with Crippen molar-refractivity contribution in [3.63, 3.8) is 0 Å². The van der Waals surface area contributed by atoms with E-state index in [-0.39, 0.29) is 10.8 Å². The third-order valence-electron chi connectivity index (χ3n) is 3.09. The van der Waals surface area contributed by atoms with Gasteiger partial charge in [0.25, 0.3) is 0 Å². The smallest absolute Gasteiger partial charge is 0.0463 e. The van der Waals surface area contributed by atoms with Crippen LogP contribution in [-0.2, 0) is 10.8 Å². The van der Waals surface area contributed by atoms with Crippen LogP contribution in [0.4, 0.5) is 0 Å². The van der Waals surface area contributed by atoms with Gasteiger partial charge in [0.2, 0.25) is 0 Å². The standard InChI is InChI=1S/C15H25N/c1-7-11-15(5,6)13-10-8-9-12(16-13)14(2,3)4/h8-10H,7,11H2,1-6H3. The fourth-order valence-electron chi connectivity index (χ4n) is 1.98. The van der Waals surface area contributed by atoms with Crippen LogP contribution in [0, 0.1) is 0 Å². The predicted octanol–water partition coefficient (Wildman–Crippen LogP) is 4.46.